The van der Waals surface area contributed by atoms with Gasteiger partial charge in [-0.3, -0.25) is 4.79 Å². The van der Waals surface area contributed by atoms with Crippen LogP contribution in [0, 0.1) is 0 Å². The lowest BCUT2D eigenvalue weighted by molar-refractivity contribution is 0.164. The van der Waals surface area contributed by atoms with Gasteiger partial charge in [0.25, 0.3) is 5.56 Å². The number of aromatic amines is 1. The van der Waals surface area contributed by atoms with Gasteiger partial charge in [0.05, 0.1) is 6.10 Å². The van der Waals surface area contributed by atoms with E-state index in [9.17, 15) is 9.90 Å². The first kappa shape index (κ1) is 13.7. The predicted octanol–water partition coefficient (Wildman–Crippen LogP) is 1.47. The zero-order valence-corrected chi connectivity index (χ0v) is 10.7. The van der Waals surface area contributed by atoms with Crippen LogP contribution in [0.1, 0.15) is 45.4 Å². The second-order valence-electron chi connectivity index (χ2n) is 4.45. The van der Waals surface area contributed by atoms with Gasteiger partial charge >= 0.3 is 0 Å². The van der Waals surface area contributed by atoms with Crippen molar-refractivity contribution in [3.63, 3.8) is 0 Å². The standard InChI is InChI=1S/C12H21N3O2/c1-4-9(16)5-6-13-10-7-11(17)15-12(14-10)8(2)3/h7-9,16H,4-6H2,1-3H3,(H2,13,14,15,17). The summed E-state index contributed by atoms with van der Waals surface area (Å²) in [5.41, 5.74) is -0.151. The molecule has 1 unspecified atom stereocenters. The van der Waals surface area contributed by atoms with Gasteiger partial charge in [0.2, 0.25) is 0 Å². The molecule has 0 aromatic carbocycles. The Labute approximate surface area is 101 Å². The van der Waals surface area contributed by atoms with Crippen LogP contribution in [-0.4, -0.2) is 27.7 Å². The molecule has 17 heavy (non-hydrogen) atoms. The molecule has 0 spiro atoms. The minimum Gasteiger partial charge on any atom is -0.393 e. The molecule has 0 saturated heterocycles. The van der Waals surface area contributed by atoms with E-state index < -0.39 is 0 Å². The molecule has 96 valence electrons. The average Bonchev–Trinajstić information content (AvgIpc) is 2.28. The van der Waals surface area contributed by atoms with Gasteiger partial charge in [-0.25, -0.2) is 4.98 Å². The highest BCUT2D eigenvalue weighted by Gasteiger charge is 2.05. The van der Waals surface area contributed by atoms with Crippen LogP contribution in [-0.2, 0) is 0 Å². The zero-order chi connectivity index (χ0) is 12.8. The van der Waals surface area contributed by atoms with Crippen molar-refractivity contribution in [2.24, 2.45) is 0 Å². The minimum absolute atomic E-state index is 0.151. The molecule has 1 heterocycles. The summed E-state index contributed by atoms with van der Waals surface area (Å²) in [7, 11) is 0. The van der Waals surface area contributed by atoms with E-state index in [0.29, 0.717) is 24.6 Å². The minimum atomic E-state index is -0.297. The fraction of sp³-hybridized carbons (Fsp3) is 0.667. The Morgan fingerprint density at radius 1 is 1.53 bits per heavy atom. The largest absolute Gasteiger partial charge is 0.393 e. The van der Waals surface area contributed by atoms with Crippen LogP contribution in [0.15, 0.2) is 10.9 Å². The molecule has 3 N–H and O–H groups in total. The summed E-state index contributed by atoms with van der Waals surface area (Å²) in [6, 6.07) is 1.43. The Hall–Kier alpha value is -1.36. The number of rotatable bonds is 6. The van der Waals surface area contributed by atoms with Gasteiger partial charge in [0.15, 0.2) is 0 Å². The van der Waals surface area contributed by atoms with E-state index >= 15 is 0 Å². The molecule has 1 aromatic rings. The summed E-state index contributed by atoms with van der Waals surface area (Å²) < 4.78 is 0. The molecular weight excluding hydrogens is 218 g/mol. The van der Waals surface area contributed by atoms with Crippen LogP contribution < -0.4 is 10.9 Å². The lowest BCUT2D eigenvalue weighted by atomic mass is 10.2. The maximum absolute atomic E-state index is 11.4. The van der Waals surface area contributed by atoms with E-state index in [-0.39, 0.29) is 17.6 Å². The molecule has 0 radical (unpaired) electrons. The van der Waals surface area contributed by atoms with Gasteiger partial charge in [-0.05, 0) is 12.8 Å². The molecule has 0 aliphatic carbocycles. The van der Waals surface area contributed by atoms with Gasteiger partial charge in [-0.2, -0.15) is 0 Å². The van der Waals surface area contributed by atoms with Crippen LogP contribution >= 0.6 is 0 Å². The summed E-state index contributed by atoms with van der Waals surface area (Å²) in [4.78, 5) is 18.4. The van der Waals surface area contributed by atoms with Crippen molar-refractivity contribution in [1.82, 2.24) is 9.97 Å². The molecule has 0 bridgehead atoms. The maximum atomic E-state index is 11.4. The molecule has 1 atom stereocenters. The van der Waals surface area contributed by atoms with Crippen molar-refractivity contribution in [3.8, 4) is 0 Å². The average molecular weight is 239 g/mol. The predicted molar refractivity (Wildman–Crippen MR) is 68.4 cm³/mol. The van der Waals surface area contributed by atoms with Gasteiger partial charge in [0, 0.05) is 18.5 Å². The molecule has 0 aliphatic rings. The Bertz CT molecular complexity index is 401. The van der Waals surface area contributed by atoms with Crippen LogP contribution in [0.5, 0.6) is 0 Å². The lowest BCUT2D eigenvalue weighted by Crippen LogP contribution is -2.17. The maximum Gasteiger partial charge on any atom is 0.252 e. The van der Waals surface area contributed by atoms with E-state index in [0.717, 1.165) is 6.42 Å². The zero-order valence-electron chi connectivity index (χ0n) is 10.7. The van der Waals surface area contributed by atoms with Crippen molar-refractivity contribution in [2.75, 3.05) is 11.9 Å². The van der Waals surface area contributed by atoms with Gasteiger partial charge in [0.1, 0.15) is 11.6 Å². The number of nitrogens with zero attached hydrogens (tertiary/aromatic N) is 1. The first-order chi connectivity index (χ1) is 8.02. The van der Waals surface area contributed by atoms with E-state index in [1.807, 2.05) is 20.8 Å². The fourth-order valence-electron chi connectivity index (χ4n) is 1.41. The lowest BCUT2D eigenvalue weighted by Gasteiger charge is -2.10. The SMILES string of the molecule is CCC(O)CCNc1cc(=O)[nH]c(C(C)C)n1. The Balaban J connectivity index is 2.62. The van der Waals surface area contributed by atoms with Gasteiger partial charge in [-0.1, -0.05) is 20.8 Å². The van der Waals surface area contributed by atoms with Crippen molar-refractivity contribution < 1.29 is 5.11 Å². The Kier molecular flexibility index (Phi) is 5.15. The summed E-state index contributed by atoms with van der Waals surface area (Å²) >= 11 is 0. The van der Waals surface area contributed by atoms with Crippen LogP contribution in [0.25, 0.3) is 0 Å². The number of H-pyrrole nitrogens is 1. The molecule has 5 heteroatoms. The van der Waals surface area contributed by atoms with Gasteiger partial charge in [-0.15, -0.1) is 0 Å². The molecule has 0 amide bonds. The van der Waals surface area contributed by atoms with Crippen LogP contribution in [0.4, 0.5) is 5.82 Å². The van der Waals surface area contributed by atoms with E-state index in [1.54, 1.807) is 0 Å². The van der Waals surface area contributed by atoms with E-state index in [1.165, 1.54) is 6.07 Å². The van der Waals surface area contributed by atoms with Crippen molar-refractivity contribution >= 4 is 5.82 Å². The highest BCUT2D eigenvalue weighted by Crippen LogP contribution is 2.09. The highest BCUT2D eigenvalue weighted by atomic mass is 16.3. The molecule has 0 aliphatic heterocycles. The van der Waals surface area contributed by atoms with Crippen molar-refractivity contribution in [3.05, 3.63) is 22.2 Å². The van der Waals surface area contributed by atoms with E-state index in [4.69, 9.17) is 0 Å². The summed E-state index contributed by atoms with van der Waals surface area (Å²) in [6.45, 7) is 6.50. The summed E-state index contributed by atoms with van der Waals surface area (Å²) in [5, 5.41) is 12.5. The third-order valence-corrected chi connectivity index (χ3v) is 2.56. The number of hydrogen-bond acceptors (Lipinski definition) is 4. The summed E-state index contributed by atoms with van der Waals surface area (Å²) in [5.74, 6) is 1.43. The first-order valence-electron chi connectivity index (χ1n) is 6.06. The molecule has 0 fully saturated rings. The van der Waals surface area contributed by atoms with Gasteiger partial charge < -0.3 is 15.4 Å². The first-order valence-corrected chi connectivity index (χ1v) is 6.06. The number of aliphatic hydroxyl groups is 1. The van der Waals surface area contributed by atoms with Crippen LogP contribution in [0.2, 0.25) is 0 Å². The number of aliphatic hydroxyl groups excluding tert-OH is 1. The third kappa shape index (κ3) is 4.56. The second-order valence-corrected chi connectivity index (χ2v) is 4.45. The molecule has 1 rings (SSSR count). The topological polar surface area (TPSA) is 78.0 Å². The number of hydrogen-bond donors (Lipinski definition) is 3. The molecule has 5 nitrogen and oxygen atoms in total. The molecule has 0 saturated carbocycles. The normalized spacial score (nSPS) is 12.8. The highest BCUT2D eigenvalue weighted by molar-refractivity contribution is 5.33. The van der Waals surface area contributed by atoms with Crippen LogP contribution in [0.3, 0.4) is 0 Å². The smallest absolute Gasteiger partial charge is 0.252 e. The van der Waals surface area contributed by atoms with Crippen molar-refractivity contribution in [2.45, 2.75) is 45.6 Å². The second kappa shape index (κ2) is 6.39. The third-order valence-electron chi connectivity index (χ3n) is 2.56. The number of aromatic nitrogens is 2. The quantitative estimate of drug-likeness (QED) is 0.702. The number of nitrogens with one attached hydrogen (secondary N) is 2. The Morgan fingerprint density at radius 3 is 2.82 bits per heavy atom. The molecule has 1 aromatic heterocycles. The fourth-order valence-corrected chi connectivity index (χ4v) is 1.41. The molecular formula is C12H21N3O2. The number of anilines is 1. The monoisotopic (exact) mass is 239 g/mol. The Morgan fingerprint density at radius 2 is 2.24 bits per heavy atom. The summed E-state index contributed by atoms with van der Waals surface area (Å²) in [6.07, 6.45) is 1.10. The van der Waals surface area contributed by atoms with E-state index in [2.05, 4.69) is 15.3 Å². The van der Waals surface area contributed by atoms with Crippen molar-refractivity contribution in [1.29, 1.82) is 0 Å².